The average molecular weight is 257 g/mol. The van der Waals surface area contributed by atoms with Crippen molar-refractivity contribution < 1.29 is 14.6 Å². The first kappa shape index (κ1) is 13.0. The van der Waals surface area contributed by atoms with E-state index in [9.17, 15) is 5.11 Å². The zero-order valence-corrected chi connectivity index (χ0v) is 10.9. The van der Waals surface area contributed by atoms with Gasteiger partial charge in [0.15, 0.2) is 0 Å². The number of thiazole rings is 1. The summed E-state index contributed by atoms with van der Waals surface area (Å²) in [4.78, 5) is 5.13. The van der Waals surface area contributed by atoms with Crippen molar-refractivity contribution in [2.24, 2.45) is 0 Å². The van der Waals surface area contributed by atoms with Gasteiger partial charge < -0.3 is 14.6 Å². The summed E-state index contributed by atoms with van der Waals surface area (Å²) in [6.07, 6.45) is 3.48. The van der Waals surface area contributed by atoms with Crippen LogP contribution in [0.4, 0.5) is 0 Å². The fraction of sp³-hybridized carbons (Fsp3) is 0.750. The van der Waals surface area contributed by atoms with Gasteiger partial charge in [-0.15, -0.1) is 11.3 Å². The first-order valence-electron chi connectivity index (χ1n) is 6.04. The molecule has 0 amide bonds. The van der Waals surface area contributed by atoms with Gasteiger partial charge >= 0.3 is 0 Å². The molecule has 1 saturated heterocycles. The molecule has 0 aliphatic carbocycles. The van der Waals surface area contributed by atoms with E-state index in [1.54, 1.807) is 16.8 Å². The molecule has 17 heavy (non-hydrogen) atoms. The third-order valence-corrected chi connectivity index (χ3v) is 4.06. The second-order valence-electron chi connectivity index (χ2n) is 4.30. The number of ether oxygens (including phenoxy) is 2. The summed E-state index contributed by atoms with van der Waals surface area (Å²) in [6.45, 7) is 3.93. The maximum Gasteiger partial charge on any atom is 0.0987 e. The molecule has 1 aliphatic rings. The van der Waals surface area contributed by atoms with Gasteiger partial charge in [0, 0.05) is 50.2 Å². The van der Waals surface area contributed by atoms with Gasteiger partial charge in [0.05, 0.1) is 17.2 Å². The highest BCUT2D eigenvalue weighted by molar-refractivity contribution is 7.09. The van der Waals surface area contributed by atoms with Crippen LogP contribution in [0.15, 0.2) is 11.7 Å². The topological polar surface area (TPSA) is 51.6 Å². The lowest BCUT2D eigenvalue weighted by Gasteiger charge is -2.40. The Hall–Kier alpha value is -0.490. The largest absolute Gasteiger partial charge is 0.390 e. The van der Waals surface area contributed by atoms with Gasteiger partial charge in [0.25, 0.3) is 0 Å². The molecule has 5 heteroatoms. The molecule has 1 N–H and O–H groups in total. The maximum absolute atomic E-state index is 10.4. The Labute approximate surface area is 106 Å². The van der Waals surface area contributed by atoms with E-state index in [0.717, 1.165) is 17.7 Å². The molecule has 1 fully saturated rings. The standard InChI is InChI=1S/C12H19NO3S/c1-2-16-12(3-5-15-6-4-12)11(14)7-10-8-13-9-17-10/h8-9,11,14H,2-7H2,1H3. The summed E-state index contributed by atoms with van der Waals surface area (Å²) in [5, 5.41) is 10.4. The van der Waals surface area contributed by atoms with Gasteiger partial charge in [-0.2, -0.15) is 0 Å². The van der Waals surface area contributed by atoms with Crippen LogP contribution >= 0.6 is 11.3 Å². The van der Waals surface area contributed by atoms with Crippen molar-refractivity contribution >= 4 is 11.3 Å². The van der Waals surface area contributed by atoms with Gasteiger partial charge in [-0.3, -0.25) is 4.98 Å². The molecule has 0 bridgehead atoms. The molecule has 96 valence electrons. The van der Waals surface area contributed by atoms with Crippen molar-refractivity contribution in [3.8, 4) is 0 Å². The zero-order valence-electron chi connectivity index (χ0n) is 10.1. The van der Waals surface area contributed by atoms with E-state index in [0.29, 0.717) is 26.2 Å². The SMILES string of the molecule is CCOC1(C(O)Cc2cncs2)CCOCC1. The highest BCUT2D eigenvalue weighted by atomic mass is 32.1. The molecule has 0 radical (unpaired) electrons. The van der Waals surface area contributed by atoms with E-state index in [-0.39, 0.29) is 0 Å². The van der Waals surface area contributed by atoms with Crippen LogP contribution in [0.25, 0.3) is 0 Å². The van der Waals surface area contributed by atoms with Crippen LogP contribution in [0.2, 0.25) is 0 Å². The summed E-state index contributed by atoms with van der Waals surface area (Å²) in [5.41, 5.74) is 1.36. The van der Waals surface area contributed by atoms with Gasteiger partial charge in [-0.1, -0.05) is 0 Å². The third kappa shape index (κ3) is 3.04. The summed E-state index contributed by atoms with van der Waals surface area (Å²) >= 11 is 1.57. The van der Waals surface area contributed by atoms with Crippen LogP contribution in [-0.2, 0) is 15.9 Å². The fourth-order valence-corrected chi connectivity index (χ4v) is 2.93. The van der Waals surface area contributed by atoms with Crippen LogP contribution < -0.4 is 0 Å². The van der Waals surface area contributed by atoms with Crippen LogP contribution in [0.3, 0.4) is 0 Å². The summed E-state index contributed by atoms with van der Waals surface area (Å²) in [7, 11) is 0. The number of rotatable bonds is 5. The number of hydrogen-bond acceptors (Lipinski definition) is 5. The Morgan fingerprint density at radius 2 is 2.35 bits per heavy atom. The first-order chi connectivity index (χ1) is 8.27. The molecular formula is C12H19NO3S. The number of aliphatic hydroxyl groups excluding tert-OH is 1. The molecule has 1 aromatic heterocycles. The molecule has 1 unspecified atom stereocenters. The monoisotopic (exact) mass is 257 g/mol. The lowest BCUT2D eigenvalue weighted by Crippen LogP contribution is -2.50. The van der Waals surface area contributed by atoms with E-state index >= 15 is 0 Å². The van der Waals surface area contributed by atoms with Crippen LogP contribution in [-0.4, -0.2) is 41.6 Å². The second kappa shape index (κ2) is 5.91. The Balaban J connectivity index is 2.03. The predicted molar refractivity (Wildman–Crippen MR) is 66.2 cm³/mol. The molecule has 4 nitrogen and oxygen atoms in total. The summed E-state index contributed by atoms with van der Waals surface area (Å²) in [5.74, 6) is 0. The minimum atomic E-state index is -0.480. The molecule has 1 aromatic rings. The van der Waals surface area contributed by atoms with Gasteiger partial charge in [0.2, 0.25) is 0 Å². The molecule has 0 spiro atoms. The van der Waals surface area contributed by atoms with Crippen molar-refractivity contribution in [2.75, 3.05) is 19.8 Å². The molecular weight excluding hydrogens is 238 g/mol. The van der Waals surface area contributed by atoms with Crippen molar-refractivity contribution in [2.45, 2.75) is 37.9 Å². The Morgan fingerprint density at radius 1 is 1.59 bits per heavy atom. The van der Waals surface area contributed by atoms with Gasteiger partial charge in [0.1, 0.15) is 0 Å². The molecule has 1 atom stereocenters. The lowest BCUT2D eigenvalue weighted by molar-refractivity contribution is -0.165. The number of hydrogen-bond donors (Lipinski definition) is 1. The Kier molecular flexibility index (Phi) is 4.50. The van der Waals surface area contributed by atoms with Gasteiger partial charge in [-0.25, -0.2) is 0 Å². The summed E-state index contributed by atoms with van der Waals surface area (Å²) in [6, 6.07) is 0. The normalized spacial score (nSPS) is 21.3. The number of nitrogens with zero attached hydrogens (tertiary/aromatic N) is 1. The highest BCUT2D eigenvalue weighted by Crippen LogP contribution is 2.31. The second-order valence-corrected chi connectivity index (χ2v) is 5.27. The zero-order chi connectivity index (χ0) is 12.1. The van der Waals surface area contributed by atoms with Crippen LogP contribution in [0.5, 0.6) is 0 Å². The van der Waals surface area contributed by atoms with E-state index in [1.807, 2.05) is 13.1 Å². The van der Waals surface area contributed by atoms with Crippen LogP contribution in [0, 0.1) is 0 Å². The van der Waals surface area contributed by atoms with E-state index < -0.39 is 11.7 Å². The van der Waals surface area contributed by atoms with Gasteiger partial charge in [-0.05, 0) is 6.92 Å². The quantitative estimate of drug-likeness (QED) is 0.871. The predicted octanol–water partition coefficient (Wildman–Crippen LogP) is 1.63. The molecule has 1 aliphatic heterocycles. The smallest absolute Gasteiger partial charge is 0.0987 e. The van der Waals surface area contributed by atoms with Crippen LogP contribution in [0.1, 0.15) is 24.6 Å². The molecule has 2 rings (SSSR count). The maximum atomic E-state index is 10.4. The average Bonchev–Trinajstić information content (AvgIpc) is 2.83. The van der Waals surface area contributed by atoms with Crippen molar-refractivity contribution in [3.63, 3.8) is 0 Å². The van der Waals surface area contributed by atoms with E-state index in [4.69, 9.17) is 9.47 Å². The van der Waals surface area contributed by atoms with Crippen molar-refractivity contribution in [1.82, 2.24) is 4.98 Å². The minimum Gasteiger partial charge on any atom is -0.390 e. The van der Waals surface area contributed by atoms with Crippen molar-refractivity contribution in [3.05, 3.63) is 16.6 Å². The van der Waals surface area contributed by atoms with Crippen molar-refractivity contribution in [1.29, 1.82) is 0 Å². The number of aromatic nitrogens is 1. The minimum absolute atomic E-state index is 0.434. The van der Waals surface area contributed by atoms with E-state index in [1.165, 1.54) is 0 Å². The third-order valence-electron chi connectivity index (χ3n) is 3.26. The summed E-state index contributed by atoms with van der Waals surface area (Å²) < 4.78 is 11.2. The van der Waals surface area contributed by atoms with E-state index in [2.05, 4.69) is 4.98 Å². The molecule has 2 heterocycles. The number of aliphatic hydroxyl groups is 1. The molecule has 0 aromatic carbocycles. The molecule has 0 saturated carbocycles. The Morgan fingerprint density at radius 3 is 2.94 bits per heavy atom. The lowest BCUT2D eigenvalue weighted by atomic mass is 9.86. The highest BCUT2D eigenvalue weighted by Gasteiger charge is 2.40. The first-order valence-corrected chi connectivity index (χ1v) is 6.92. The Bertz CT molecular complexity index is 317. The fourth-order valence-electron chi connectivity index (χ4n) is 2.30.